The minimum atomic E-state index is -0.321. The van der Waals surface area contributed by atoms with Crippen molar-refractivity contribution in [2.75, 3.05) is 34.8 Å². The van der Waals surface area contributed by atoms with E-state index in [0.29, 0.717) is 6.54 Å². The van der Waals surface area contributed by atoms with Crippen LogP contribution in [0.4, 0.5) is 17.1 Å². The highest BCUT2D eigenvalue weighted by molar-refractivity contribution is 6.03. The van der Waals surface area contributed by atoms with Crippen LogP contribution in [0.3, 0.4) is 0 Å². The molecule has 4 rings (SSSR count). The fraction of sp³-hybridized carbons (Fsp3) is 0.333. The highest BCUT2D eigenvalue weighted by Gasteiger charge is 2.35. The van der Waals surface area contributed by atoms with Crippen molar-refractivity contribution in [3.8, 4) is 0 Å². The third kappa shape index (κ3) is 3.43. The minimum Gasteiger partial charge on any atom is -0.371 e. The molecule has 0 aromatic heterocycles. The topological polar surface area (TPSA) is 52.7 Å². The molecular formula is C21H23N3O2. The van der Waals surface area contributed by atoms with Gasteiger partial charge in [0.1, 0.15) is 0 Å². The second kappa shape index (κ2) is 7.20. The molecule has 5 heteroatoms. The van der Waals surface area contributed by atoms with Crippen LogP contribution in [0.2, 0.25) is 0 Å². The molecule has 2 aliphatic rings. The number of benzene rings is 2. The fourth-order valence-electron chi connectivity index (χ4n) is 3.74. The van der Waals surface area contributed by atoms with E-state index in [1.165, 1.54) is 12.8 Å². The Morgan fingerprint density at radius 3 is 2.46 bits per heavy atom. The van der Waals surface area contributed by atoms with Crippen molar-refractivity contribution in [3.63, 3.8) is 0 Å². The Balaban J connectivity index is 1.42. The molecule has 134 valence electrons. The van der Waals surface area contributed by atoms with Crippen LogP contribution in [0.25, 0.3) is 0 Å². The zero-order valence-corrected chi connectivity index (χ0v) is 14.7. The smallest absolute Gasteiger partial charge is 0.229 e. The number of para-hydroxylation sites is 1. The predicted molar refractivity (Wildman–Crippen MR) is 103 cm³/mol. The zero-order chi connectivity index (χ0) is 17.9. The van der Waals surface area contributed by atoms with Gasteiger partial charge in [0.2, 0.25) is 11.8 Å². The van der Waals surface area contributed by atoms with Crippen LogP contribution < -0.4 is 15.1 Å². The van der Waals surface area contributed by atoms with Crippen molar-refractivity contribution < 1.29 is 9.59 Å². The van der Waals surface area contributed by atoms with Gasteiger partial charge in [-0.3, -0.25) is 9.59 Å². The Labute approximate surface area is 153 Å². The highest BCUT2D eigenvalue weighted by atomic mass is 16.2. The van der Waals surface area contributed by atoms with Gasteiger partial charge in [-0.1, -0.05) is 24.3 Å². The number of hydrogen-bond donors (Lipinski definition) is 1. The molecule has 1 atom stereocenters. The maximum absolute atomic E-state index is 12.7. The molecule has 2 aromatic carbocycles. The van der Waals surface area contributed by atoms with E-state index >= 15 is 0 Å². The van der Waals surface area contributed by atoms with Crippen molar-refractivity contribution in [1.29, 1.82) is 0 Å². The van der Waals surface area contributed by atoms with Crippen molar-refractivity contribution in [2.45, 2.75) is 19.3 Å². The lowest BCUT2D eigenvalue weighted by Gasteiger charge is -2.19. The van der Waals surface area contributed by atoms with E-state index in [1.54, 1.807) is 4.90 Å². The van der Waals surface area contributed by atoms with E-state index in [0.717, 1.165) is 30.2 Å². The van der Waals surface area contributed by atoms with Gasteiger partial charge >= 0.3 is 0 Å². The molecule has 1 unspecified atom stereocenters. The number of nitrogens with zero attached hydrogens (tertiary/aromatic N) is 2. The monoisotopic (exact) mass is 349 g/mol. The number of carbonyl (C=O) groups excluding carboxylic acids is 2. The quantitative estimate of drug-likeness (QED) is 0.922. The Morgan fingerprint density at radius 2 is 1.69 bits per heavy atom. The lowest BCUT2D eigenvalue weighted by Crippen LogP contribution is -2.28. The molecule has 2 heterocycles. The SMILES string of the molecule is O=C(Nc1cccc(N2CCCC2)c1)C1CC(=O)N(c2ccccc2)C1. The van der Waals surface area contributed by atoms with Gasteiger partial charge in [0.25, 0.3) is 0 Å². The molecule has 0 aliphatic carbocycles. The Morgan fingerprint density at radius 1 is 0.962 bits per heavy atom. The number of carbonyl (C=O) groups is 2. The number of nitrogens with one attached hydrogen (secondary N) is 1. The lowest BCUT2D eigenvalue weighted by molar-refractivity contribution is -0.122. The van der Waals surface area contributed by atoms with Crippen molar-refractivity contribution in [1.82, 2.24) is 0 Å². The van der Waals surface area contributed by atoms with Gasteiger partial charge in [0.05, 0.1) is 5.92 Å². The summed E-state index contributed by atoms with van der Waals surface area (Å²) in [4.78, 5) is 29.0. The molecule has 1 N–H and O–H groups in total. The van der Waals surface area contributed by atoms with Crippen LogP contribution >= 0.6 is 0 Å². The minimum absolute atomic E-state index is 0.00201. The van der Waals surface area contributed by atoms with E-state index in [1.807, 2.05) is 48.5 Å². The van der Waals surface area contributed by atoms with E-state index in [4.69, 9.17) is 0 Å². The Kier molecular flexibility index (Phi) is 4.61. The first-order valence-electron chi connectivity index (χ1n) is 9.22. The largest absolute Gasteiger partial charge is 0.371 e. The van der Waals surface area contributed by atoms with Crippen LogP contribution in [-0.2, 0) is 9.59 Å². The first-order valence-corrected chi connectivity index (χ1v) is 9.22. The second-order valence-electron chi connectivity index (χ2n) is 6.97. The molecule has 2 saturated heterocycles. The summed E-state index contributed by atoms with van der Waals surface area (Å²) >= 11 is 0. The molecule has 0 bridgehead atoms. The first-order chi connectivity index (χ1) is 12.7. The molecule has 2 aromatic rings. The average Bonchev–Trinajstić information content (AvgIpc) is 3.32. The zero-order valence-electron chi connectivity index (χ0n) is 14.7. The maximum Gasteiger partial charge on any atom is 0.229 e. The van der Waals surface area contributed by atoms with E-state index in [-0.39, 0.29) is 24.2 Å². The number of anilines is 3. The van der Waals surface area contributed by atoms with E-state index in [9.17, 15) is 9.59 Å². The molecule has 2 fully saturated rings. The second-order valence-corrected chi connectivity index (χ2v) is 6.97. The molecule has 2 amide bonds. The number of amides is 2. The van der Waals surface area contributed by atoms with Crippen LogP contribution in [0.1, 0.15) is 19.3 Å². The first kappa shape index (κ1) is 16.6. The van der Waals surface area contributed by atoms with Gasteiger partial charge in [0.15, 0.2) is 0 Å². The molecular weight excluding hydrogens is 326 g/mol. The Bertz CT molecular complexity index is 800. The summed E-state index contributed by atoms with van der Waals surface area (Å²) in [6, 6.07) is 17.5. The van der Waals surface area contributed by atoms with Gasteiger partial charge in [-0.05, 0) is 43.2 Å². The van der Waals surface area contributed by atoms with Gasteiger partial charge in [-0.15, -0.1) is 0 Å². The third-order valence-corrected chi connectivity index (χ3v) is 5.15. The Hall–Kier alpha value is -2.82. The van der Waals surface area contributed by atoms with E-state index in [2.05, 4.69) is 16.3 Å². The predicted octanol–water partition coefficient (Wildman–Crippen LogP) is 3.28. The van der Waals surface area contributed by atoms with Crippen LogP contribution in [-0.4, -0.2) is 31.4 Å². The van der Waals surface area contributed by atoms with Gasteiger partial charge in [-0.25, -0.2) is 0 Å². The molecule has 2 aliphatic heterocycles. The van der Waals surface area contributed by atoms with Gasteiger partial charge in [0, 0.05) is 43.1 Å². The van der Waals surface area contributed by atoms with Gasteiger partial charge < -0.3 is 15.1 Å². The standard InChI is InChI=1S/C21H23N3O2/c25-20-13-16(15-24(20)18-8-2-1-3-9-18)21(26)22-17-7-6-10-19(14-17)23-11-4-5-12-23/h1-3,6-10,14,16H,4-5,11-13,15H2,(H,22,26). The number of rotatable bonds is 4. The summed E-state index contributed by atoms with van der Waals surface area (Å²) in [6.45, 7) is 2.57. The normalized spacial score (nSPS) is 19.8. The van der Waals surface area contributed by atoms with Crippen LogP contribution in [0, 0.1) is 5.92 Å². The van der Waals surface area contributed by atoms with Crippen LogP contribution in [0.15, 0.2) is 54.6 Å². The van der Waals surface area contributed by atoms with Crippen molar-refractivity contribution in [3.05, 3.63) is 54.6 Å². The van der Waals surface area contributed by atoms with Crippen LogP contribution in [0.5, 0.6) is 0 Å². The third-order valence-electron chi connectivity index (χ3n) is 5.15. The molecule has 0 radical (unpaired) electrons. The summed E-state index contributed by atoms with van der Waals surface area (Å²) in [5, 5.41) is 3.00. The average molecular weight is 349 g/mol. The summed E-state index contributed by atoms with van der Waals surface area (Å²) in [5.41, 5.74) is 2.79. The van der Waals surface area contributed by atoms with Crippen molar-refractivity contribution in [2.24, 2.45) is 5.92 Å². The van der Waals surface area contributed by atoms with E-state index < -0.39 is 0 Å². The molecule has 0 spiro atoms. The summed E-state index contributed by atoms with van der Waals surface area (Å²) in [6.07, 6.45) is 2.69. The molecule has 0 saturated carbocycles. The number of hydrogen-bond acceptors (Lipinski definition) is 3. The summed E-state index contributed by atoms with van der Waals surface area (Å²) in [5.74, 6) is -0.407. The lowest BCUT2D eigenvalue weighted by atomic mass is 10.1. The molecule has 5 nitrogen and oxygen atoms in total. The summed E-state index contributed by atoms with van der Waals surface area (Å²) in [7, 11) is 0. The maximum atomic E-state index is 12.7. The van der Waals surface area contributed by atoms with Gasteiger partial charge in [-0.2, -0.15) is 0 Å². The fourth-order valence-corrected chi connectivity index (χ4v) is 3.74. The van der Waals surface area contributed by atoms with Crippen molar-refractivity contribution >= 4 is 28.9 Å². The summed E-state index contributed by atoms with van der Waals surface area (Å²) < 4.78 is 0. The highest BCUT2D eigenvalue weighted by Crippen LogP contribution is 2.27. The molecule has 26 heavy (non-hydrogen) atoms.